The molecule has 3 nitrogen and oxygen atoms in total. The third-order valence-electron chi connectivity index (χ3n) is 3.44. The predicted octanol–water partition coefficient (Wildman–Crippen LogP) is 4.00. The number of carbonyl (C=O) groups excluding carboxylic acids is 1. The Labute approximate surface area is 129 Å². The van der Waals surface area contributed by atoms with Crippen LogP contribution in [0, 0.1) is 0 Å². The molecule has 0 aliphatic rings. The first-order valence-electron chi connectivity index (χ1n) is 7.07. The smallest absolute Gasteiger partial charge is 0.315 e. The molecular formula is C19H16O3. The topological polar surface area (TPSA) is 35.5 Å². The highest BCUT2D eigenvalue weighted by atomic mass is 16.5. The van der Waals surface area contributed by atoms with Gasteiger partial charge in [-0.25, -0.2) is 0 Å². The van der Waals surface area contributed by atoms with Crippen molar-refractivity contribution < 1.29 is 14.3 Å². The lowest BCUT2D eigenvalue weighted by molar-refractivity contribution is -0.133. The van der Waals surface area contributed by atoms with Crippen molar-refractivity contribution >= 4 is 16.7 Å². The molecule has 0 unspecified atom stereocenters. The summed E-state index contributed by atoms with van der Waals surface area (Å²) in [5.74, 6) is 1.01. The number of rotatable bonds is 4. The molecule has 0 fully saturated rings. The van der Waals surface area contributed by atoms with Gasteiger partial charge in [0.05, 0.1) is 13.5 Å². The molecule has 0 saturated heterocycles. The molecule has 22 heavy (non-hydrogen) atoms. The van der Waals surface area contributed by atoms with Crippen molar-refractivity contribution in [2.45, 2.75) is 6.42 Å². The first kappa shape index (κ1) is 14.1. The van der Waals surface area contributed by atoms with Gasteiger partial charge in [-0.3, -0.25) is 4.79 Å². The minimum absolute atomic E-state index is 0.212. The minimum atomic E-state index is -0.288. The normalized spacial score (nSPS) is 10.4. The van der Waals surface area contributed by atoms with Crippen LogP contribution in [0.5, 0.6) is 11.5 Å². The Morgan fingerprint density at radius 3 is 2.50 bits per heavy atom. The molecule has 3 heteroatoms. The molecule has 0 amide bonds. The molecule has 3 rings (SSSR count). The molecule has 0 aliphatic heterocycles. The number of fused-ring (bicyclic) bond motifs is 1. The standard InChI is InChI=1S/C19H16O3/c1-21-17-8-4-5-14(11-17)12-19(20)22-18-10-9-15-6-2-3-7-16(15)13-18/h2-11,13H,12H2,1H3. The summed E-state index contributed by atoms with van der Waals surface area (Å²) in [6.45, 7) is 0. The van der Waals surface area contributed by atoms with Gasteiger partial charge in [-0.15, -0.1) is 0 Å². The van der Waals surface area contributed by atoms with Gasteiger partial charge in [0.25, 0.3) is 0 Å². The monoisotopic (exact) mass is 292 g/mol. The average molecular weight is 292 g/mol. The SMILES string of the molecule is COc1cccc(CC(=O)Oc2ccc3ccccc3c2)c1. The Kier molecular flexibility index (Phi) is 4.05. The number of hydrogen-bond donors (Lipinski definition) is 0. The van der Waals surface area contributed by atoms with E-state index in [0.717, 1.165) is 22.1 Å². The zero-order chi connectivity index (χ0) is 15.4. The summed E-state index contributed by atoms with van der Waals surface area (Å²) in [6, 6.07) is 21.0. The van der Waals surface area contributed by atoms with Gasteiger partial charge >= 0.3 is 5.97 Å². The van der Waals surface area contributed by atoms with Crippen LogP contribution in [0.2, 0.25) is 0 Å². The lowest BCUT2D eigenvalue weighted by atomic mass is 10.1. The van der Waals surface area contributed by atoms with Gasteiger partial charge in [-0.2, -0.15) is 0 Å². The Morgan fingerprint density at radius 1 is 0.864 bits per heavy atom. The number of carbonyl (C=O) groups is 1. The molecule has 0 heterocycles. The van der Waals surface area contributed by atoms with Crippen molar-refractivity contribution in [3.63, 3.8) is 0 Å². The molecule has 0 aromatic heterocycles. The summed E-state index contributed by atoms with van der Waals surface area (Å²) in [7, 11) is 1.60. The van der Waals surface area contributed by atoms with Crippen LogP contribution in [-0.4, -0.2) is 13.1 Å². The van der Waals surface area contributed by atoms with Crippen molar-refractivity contribution in [1.29, 1.82) is 0 Å². The average Bonchev–Trinajstić information content (AvgIpc) is 2.55. The maximum Gasteiger partial charge on any atom is 0.315 e. The molecule has 0 bridgehead atoms. The predicted molar refractivity (Wildman–Crippen MR) is 86.3 cm³/mol. The van der Waals surface area contributed by atoms with Gasteiger partial charge in [0.1, 0.15) is 11.5 Å². The van der Waals surface area contributed by atoms with Crippen molar-refractivity contribution in [2.75, 3.05) is 7.11 Å². The molecular weight excluding hydrogens is 276 g/mol. The van der Waals surface area contributed by atoms with E-state index in [2.05, 4.69) is 0 Å². The summed E-state index contributed by atoms with van der Waals surface area (Å²) < 4.78 is 10.6. The molecule has 3 aromatic carbocycles. The van der Waals surface area contributed by atoms with Crippen molar-refractivity contribution in [3.8, 4) is 11.5 Å². The Hall–Kier alpha value is -2.81. The molecule has 0 N–H and O–H groups in total. The number of ether oxygens (including phenoxy) is 2. The second-order valence-electron chi connectivity index (χ2n) is 5.01. The summed E-state index contributed by atoms with van der Waals surface area (Å²) in [6.07, 6.45) is 0.212. The number of hydrogen-bond acceptors (Lipinski definition) is 3. The van der Waals surface area contributed by atoms with Gasteiger partial charge in [-0.1, -0.05) is 42.5 Å². The van der Waals surface area contributed by atoms with E-state index in [0.29, 0.717) is 5.75 Å². The van der Waals surface area contributed by atoms with Gasteiger partial charge < -0.3 is 9.47 Å². The quantitative estimate of drug-likeness (QED) is 0.538. The third-order valence-corrected chi connectivity index (χ3v) is 3.44. The largest absolute Gasteiger partial charge is 0.497 e. The van der Waals surface area contributed by atoms with E-state index in [-0.39, 0.29) is 12.4 Å². The first-order chi connectivity index (χ1) is 10.7. The van der Waals surface area contributed by atoms with E-state index in [1.54, 1.807) is 7.11 Å². The van der Waals surface area contributed by atoms with Crippen LogP contribution in [0.4, 0.5) is 0 Å². The second kappa shape index (κ2) is 6.31. The molecule has 0 aliphatic carbocycles. The maximum atomic E-state index is 12.1. The molecule has 0 spiro atoms. The second-order valence-corrected chi connectivity index (χ2v) is 5.01. The van der Waals surface area contributed by atoms with Crippen LogP contribution in [0.3, 0.4) is 0 Å². The van der Waals surface area contributed by atoms with E-state index in [4.69, 9.17) is 9.47 Å². The highest BCUT2D eigenvalue weighted by Crippen LogP contribution is 2.21. The fourth-order valence-electron chi connectivity index (χ4n) is 2.35. The number of benzene rings is 3. The van der Waals surface area contributed by atoms with Crippen LogP contribution in [0.15, 0.2) is 66.7 Å². The molecule has 0 saturated carbocycles. The molecule has 0 radical (unpaired) electrons. The van der Waals surface area contributed by atoms with Crippen LogP contribution in [-0.2, 0) is 11.2 Å². The Morgan fingerprint density at radius 2 is 1.68 bits per heavy atom. The highest BCUT2D eigenvalue weighted by Gasteiger charge is 2.08. The van der Waals surface area contributed by atoms with Gasteiger partial charge in [0.15, 0.2) is 0 Å². The Bertz CT molecular complexity index is 808. The zero-order valence-electron chi connectivity index (χ0n) is 12.3. The maximum absolute atomic E-state index is 12.1. The van der Waals surface area contributed by atoms with Crippen LogP contribution >= 0.6 is 0 Å². The van der Waals surface area contributed by atoms with E-state index in [1.807, 2.05) is 66.7 Å². The lowest BCUT2D eigenvalue weighted by Gasteiger charge is -2.07. The van der Waals surface area contributed by atoms with Crippen LogP contribution in [0.25, 0.3) is 10.8 Å². The fourth-order valence-corrected chi connectivity index (χ4v) is 2.35. The van der Waals surface area contributed by atoms with Gasteiger partial charge in [0.2, 0.25) is 0 Å². The Balaban J connectivity index is 1.72. The summed E-state index contributed by atoms with van der Waals surface area (Å²) in [5.41, 5.74) is 0.866. The minimum Gasteiger partial charge on any atom is -0.497 e. The van der Waals surface area contributed by atoms with Crippen LogP contribution < -0.4 is 9.47 Å². The van der Waals surface area contributed by atoms with Crippen LogP contribution in [0.1, 0.15) is 5.56 Å². The number of methoxy groups -OCH3 is 1. The third kappa shape index (κ3) is 3.26. The number of esters is 1. The summed E-state index contributed by atoms with van der Waals surface area (Å²) in [5, 5.41) is 2.17. The lowest BCUT2D eigenvalue weighted by Crippen LogP contribution is -2.11. The van der Waals surface area contributed by atoms with Gasteiger partial charge in [-0.05, 0) is 40.6 Å². The van der Waals surface area contributed by atoms with E-state index >= 15 is 0 Å². The molecule has 110 valence electrons. The zero-order valence-corrected chi connectivity index (χ0v) is 12.3. The fraction of sp³-hybridized carbons (Fsp3) is 0.105. The molecule has 3 aromatic rings. The van der Waals surface area contributed by atoms with Crippen molar-refractivity contribution in [3.05, 3.63) is 72.3 Å². The van der Waals surface area contributed by atoms with Crippen molar-refractivity contribution in [2.24, 2.45) is 0 Å². The summed E-state index contributed by atoms with van der Waals surface area (Å²) in [4.78, 5) is 12.1. The van der Waals surface area contributed by atoms with E-state index < -0.39 is 0 Å². The van der Waals surface area contributed by atoms with E-state index in [9.17, 15) is 4.79 Å². The van der Waals surface area contributed by atoms with Gasteiger partial charge in [0, 0.05) is 0 Å². The van der Waals surface area contributed by atoms with E-state index in [1.165, 1.54) is 0 Å². The summed E-state index contributed by atoms with van der Waals surface area (Å²) >= 11 is 0. The van der Waals surface area contributed by atoms with Crippen molar-refractivity contribution in [1.82, 2.24) is 0 Å². The highest BCUT2D eigenvalue weighted by molar-refractivity contribution is 5.85. The first-order valence-corrected chi connectivity index (χ1v) is 7.07. The molecule has 0 atom stereocenters.